The minimum absolute atomic E-state index is 0.0940. The summed E-state index contributed by atoms with van der Waals surface area (Å²) >= 11 is 0. The van der Waals surface area contributed by atoms with Gasteiger partial charge in [-0.25, -0.2) is 0 Å². The summed E-state index contributed by atoms with van der Waals surface area (Å²) in [7, 11) is 0. The van der Waals surface area contributed by atoms with E-state index in [4.69, 9.17) is 10.5 Å². The third kappa shape index (κ3) is 4.32. The Balaban J connectivity index is 1.72. The molecule has 4 heteroatoms. The maximum absolute atomic E-state index is 11.9. The average molecular weight is 276 g/mol. The van der Waals surface area contributed by atoms with E-state index < -0.39 is 0 Å². The van der Waals surface area contributed by atoms with Gasteiger partial charge in [-0.05, 0) is 56.3 Å². The molecule has 0 aromatic heterocycles. The van der Waals surface area contributed by atoms with Gasteiger partial charge in [0.05, 0.1) is 6.10 Å². The predicted molar refractivity (Wildman–Crippen MR) is 80.6 cm³/mol. The van der Waals surface area contributed by atoms with Crippen molar-refractivity contribution in [2.45, 2.75) is 38.7 Å². The first-order valence-electron chi connectivity index (χ1n) is 7.41. The largest absolute Gasteiger partial charge is 0.378 e. The molecule has 4 nitrogen and oxygen atoms in total. The van der Waals surface area contributed by atoms with E-state index in [1.807, 2.05) is 31.2 Å². The van der Waals surface area contributed by atoms with Crippen molar-refractivity contribution in [3.05, 3.63) is 29.8 Å². The van der Waals surface area contributed by atoms with Crippen LogP contribution in [0.15, 0.2) is 24.3 Å². The van der Waals surface area contributed by atoms with E-state index >= 15 is 0 Å². The summed E-state index contributed by atoms with van der Waals surface area (Å²) in [6, 6.07) is 7.90. The maximum atomic E-state index is 11.9. The van der Waals surface area contributed by atoms with Crippen LogP contribution in [0.1, 0.15) is 31.7 Å². The minimum atomic E-state index is 0.0940. The number of rotatable bonds is 7. The Morgan fingerprint density at radius 3 is 2.65 bits per heavy atom. The highest BCUT2D eigenvalue weighted by atomic mass is 16.5. The molecule has 1 fully saturated rings. The van der Waals surface area contributed by atoms with E-state index in [1.54, 1.807) is 0 Å². The van der Waals surface area contributed by atoms with Gasteiger partial charge < -0.3 is 15.8 Å². The molecule has 1 amide bonds. The molecule has 0 unspecified atom stereocenters. The molecule has 0 atom stereocenters. The number of carbonyl (C=O) groups is 1. The first kappa shape index (κ1) is 15.0. The zero-order valence-electron chi connectivity index (χ0n) is 12.1. The SMILES string of the molecule is CCOC1CC(CC(=O)Nc2ccc(CCN)cc2)C1. The summed E-state index contributed by atoms with van der Waals surface area (Å²) in [6.07, 6.45) is 3.85. The molecule has 20 heavy (non-hydrogen) atoms. The van der Waals surface area contributed by atoms with E-state index in [1.165, 1.54) is 5.56 Å². The number of carbonyl (C=O) groups excluding carboxylic acids is 1. The molecule has 0 spiro atoms. The van der Waals surface area contributed by atoms with Crippen LogP contribution >= 0.6 is 0 Å². The second-order valence-electron chi connectivity index (χ2n) is 5.40. The number of nitrogens with two attached hydrogens (primary N) is 1. The Hall–Kier alpha value is -1.39. The highest BCUT2D eigenvalue weighted by Crippen LogP contribution is 2.32. The number of nitrogens with one attached hydrogen (secondary N) is 1. The Kier molecular flexibility index (Phi) is 5.56. The zero-order chi connectivity index (χ0) is 14.4. The van der Waals surface area contributed by atoms with Gasteiger partial charge in [-0.15, -0.1) is 0 Å². The van der Waals surface area contributed by atoms with Gasteiger partial charge in [0.1, 0.15) is 0 Å². The molecular formula is C16H24N2O2. The Labute approximate surface area is 120 Å². The lowest BCUT2D eigenvalue weighted by Gasteiger charge is -2.34. The number of hydrogen-bond acceptors (Lipinski definition) is 3. The normalized spacial score (nSPS) is 21.3. The molecule has 0 bridgehead atoms. The highest BCUT2D eigenvalue weighted by molar-refractivity contribution is 5.90. The standard InChI is InChI=1S/C16H24N2O2/c1-2-20-15-9-13(10-15)11-16(19)18-14-5-3-12(4-6-14)7-8-17/h3-6,13,15H,2,7-11,17H2,1H3,(H,18,19). The van der Waals surface area contributed by atoms with Crippen LogP contribution in [0.3, 0.4) is 0 Å². The molecular weight excluding hydrogens is 252 g/mol. The van der Waals surface area contributed by atoms with Crippen molar-refractivity contribution >= 4 is 11.6 Å². The van der Waals surface area contributed by atoms with Crippen molar-refractivity contribution in [2.24, 2.45) is 11.7 Å². The Morgan fingerprint density at radius 1 is 1.35 bits per heavy atom. The first-order chi connectivity index (χ1) is 9.71. The maximum Gasteiger partial charge on any atom is 0.224 e. The van der Waals surface area contributed by atoms with Crippen LogP contribution in [0, 0.1) is 5.92 Å². The van der Waals surface area contributed by atoms with Crippen LogP contribution < -0.4 is 11.1 Å². The Bertz CT molecular complexity index is 425. The lowest BCUT2D eigenvalue weighted by atomic mass is 9.80. The fraction of sp³-hybridized carbons (Fsp3) is 0.562. The van der Waals surface area contributed by atoms with E-state index in [9.17, 15) is 4.79 Å². The summed E-state index contributed by atoms with van der Waals surface area (Å²) < 4.78 is 5.50. The van der Waals surface area contributed by atoms with E-state index in [2.05, 4.69) is 5.32 Å². The van der Waals surface area contributed by atoms with Crippen molar-refractivity contribution in [2.75, 3.05) is 18.5 Å². The minimum Gasteiger partial charge on any atom is -0.378 e. The van der Waals surface area contributed by atoms with Crippen LogP contribution in [0.5, 0.6) is 0 Å². The Morgan fingerprint density at radius 2 is 2.05 bits per heavy atom. The van der Waals surface area contributed by atoms with Crippen LogP contribution in [0.4, 0.5) is 5.69 Å². The summed E-state index contributed by atoms with van der Waals surface area (Å²) in [5.41, 5.74) is 7.56. The van der Waals surface area contributed by atoms with Crippen molar-refractivity contribution < 1.29 is 9.53 Å². The predicted octanol–water partition coefficient (Wildman–Crippen LogP) is 2.33. The van der Waals surface area contributed by atoms with Crippen molar-refractivity contribution in [1.82, 2.24) is 0 Å². The van der Waals surface area contributed by atoms with E-state index in [-0.39, 0.29) is 5.91 Å². The van der Waals surface area contributed by atoms with Crippen LogP contribution in [0.2, 0.25) is 0 Å². The molecule has 1 aliphatic carbocycles. The van der Waals surface area contributed by atoms with Gasteiger partial charge >= 0.3 is 0 Å². The smallest absolute Gasteiger partial charge is 0.224 e. The van der Waals surface area contributed by atoms with Gasteiger partial charge in [0.15, 0.2) is 0 Å². The molecule has 3 N–H and O–H groups in total. The fourth-order valence-corrected chi connectivity index (χ4v) is 2.61. The topological polar surface area (TPSA) is 64.3 Å². The molecule has 1 aliphatic rings. The van der Waals surface area contributed by atoms with Crippen molar-refractivity contribution in [1.29, 1.82) is 0 Å². The third-order valence-corrected chi connectivity index (χ3v) is 3.74. The van der Waals surface area contributed by atoms with Gasteiger partial charge in [0.2, 0.25) is 5.91 Å². The molecule has 0 heterocycles. The lowest BCUT2D eigenvalue weighted by Crippen LogP contribution is -2.33. The van der Waals surface area contributed by atoms with Crippen LogP contribution in [0.25, 0.3) is 0 Å². The summed E-state index contributed by atoms with van der Waals surface area (Å²) in [4.78, 5) is 11.9. The van der Waals surface area contributed by atoms with Crippen LogP contribution in [-0.2, 0) is 16.0 Å². The van der Waals surface area contributed by atoms with Gasteiger partial charge in [-0.2, -0.15) is 0 Å². The van der Waals surface area contributed by atoms with Gasteiger partial charge in [0, 0.05) is 18.7 Å². The molecule has 1 saturated carbocycles. The summed E-state index contributed by atoms with van der Waals surface area (Å²) in [6.45, 7) is 3.42. The molecule has 2 rings (SSSR count). The van der Waals surface area contributed by atoms with Crippen LogP contribution in [-0.4, -0.2) is 25.2 Å². The monoisotopic (exact) mass is 276 g/mol. The van der Waals surface area contributed by atoms with Gasteiger partial charge in [0.25, 0.3) is 0 Å². The number of benzene rings is 1. The molecule has 0 radical (unpaired) electrons. The molecule has 110 valence electrons. The quantitative estimate of drug-likeness (QED) is 0.803. The highest BCUT2D eigenvalue weighted by Gasteiger charge is 2.30. The van der Waals surface area contributed by atoms with Gasteiger partial charge in [-0.1, -0.05) is 12.1 Å². The number of anilines is 1. The molecule has 0 aliphatic heterocycles. The van der Waals surface area contributed by atoms with Crippen molar-refractivity contribution in [3.63, 3.8) is 0 Å². The second kappa shape index (κ2) is 7.41. The zero-order valence-corrected chi connectivity index (χ0v) is 12.1. The molecule has 0 saturated heterocycles. The first-order valence-corrected chi connectivity index (χ1v) is 7.41. The average Bonchev–Trinajstić information content (AvgIpc) is 2.39. The van der Waals surface area contributed by atoms with E-state index in [0.29, 0.717) is 25.0 Å². The fourth-order valence-electron chi connectivity index (χ4n) is 2.61. The number of hydrogen-bond donors (Lipinski definition) is 2. The molecule has 1 aromatic carbocycles. The van der Waals surface area contributed by atoms with Gasteiger partial charge in [-0.3, -0.25) is 4.79 Å². The van der Waals surface area contributed by atoms with E-state index in [0.717, 1.165) is 31.6 Å². The number of amides is 1. The van der Waals surface area contributed by atoms with Crippen molar-refractivity contribution in [3.8, 4) is 0 Å². The molecule has 1 aromatic rings. The lowest BCUT2D eigenvalue weighted by molar-refractivity contribution is -0.119. The summed E-state index contributed by atoms with van der Waals surface area (Å²) in [5, 5.41) is 2.95. The second-order valence-corrected chi connectivity index (χ2v) is 5.40. The number of ether oxygens (including phenoxy) is 1. The third-order valence-electron chi connectivity index (χ3n) is 3.74. The summed E-state index contributed by atoms with van der Waals surface area (Å²) in [5.74, 6) is 0.569.